The molecule has 162 valence electrons. The molecular weight excluding hydrogens is 380 g/mol. The van der Waals surface area contributed by atoms with E-state index in [4.69, 9.17) is 4.74 Å². The Morgan fingerprint density at radius 1 is 0.667 bits per heavy atom. The predicted molar refractivity (Wildman–Crippen MR) is 132 cm³/mol. The summed E-state index contributed by atoms with van der Waals surface area (Å²) in [5.41, 5.74) is 5.81. The fourth-order valence-electron chi connectivity index (χ4n) is 5.99. The predicted octanol–water partition coefficient (Wildman–Crippen LogP) is 7.18. The lowest BCUT2D eigenvalue weighted by Gasteiger charge is -2.29. The average Bonchev–Trinajstić information content (AvgIpc) is 2.81. The molecule has 0 unspecified atom stereocenters. The standard InChI is InChI=1S/C28H40OSi/c1-29-19-21-3-7-23(8-4-21)25-11-15-27(16-12-25)28-17-13-26(14-18-28)24-9-5-22(6-10-24)20-30-2/h11-18,21-24H,3-10,19-20,30H2,1-2H3/t21-,22-,23-,24-. The summed E-state index contributed by atoms with van der Waals surface area (Å²) in [5, 5.41) is 0. The van der Waals surface area contributed by atoms with Crippen LogP contribution in [0.3, 0.4) is 0 Å². The van der Waals surface area contributed by atoms with Crippen LogP contribution >= 0.6 is 0 Å². The Kier molecular flexibility index (Phi) is 7.84. The number of hydrogen-bond acceptors (Lipinski definition) is 1. The molecule has 2 saturated carbocycles. The minimum Gasteiger partial charge on any atom is -0.384 e. The van der Waals surface area contributed by atoms with Crippen LogP contribution in [-0.4, -0.2) is 23.2 Å². The smallest absolute Gasteiger partial charge is 0.0490 e. The number of rotatable bonds is 7. The highest BCUT2D eigenvalue weighted by Crippen LogP contribution is 2.39. The highest BCUT2D eigenvalue weighted by molar-refractivity contribution is 6.33. The quantitative estimate of drug-likeness (QED) is 0.431. The summed E-state index contributed by atoms with van der Waals surface area (Å²) < 4.78 is 5.35. The van der Waals surface area contributed by atoms with Crippen LogP contribution in [0.4, 0.5) is 0 Å². The third-order valence-electron chi connectivity index (χ3n) is 7.89. The van der Waals surface area contributed by atoms with Gasteiger partial charge in [0.15, 0.2) is 0 Å². The SMILES string of the molecule is COC[C@H]1CC[C@H](c2ccc(-c3ccc([C@H]4CC[C@H](C[SiH2]C)CC4)cc3)cc2)CC1. The molecule has 1 nitrogen and oxygen atoms in total. The van der Waals surface area contributed by atoms with Gasteiger partial charge in [0.2, 0.25) is 0 Å². The second kappa shape index (κ2) is 10.8. The van der Waals surface area contributed by atoms with E-state index in [0.29, 0.717) is 0 Å². The van der Waals surface area contributed by atoms with Crippen molar-refractivity contribution in [1.29, 1.82) is 0 Å². The third-order valence-corrected chi connectivity index (χ3v) is 9.28. The molecule has 0 bridgehead atoms. The molecule has 0 N–H and O–H groups in total. The van der Waals surface area contributed by atoms with Gasteiger partial charge in [-0.15, -0.1) is 0 Å². The van der Waals surface area contributed by atoms with Gasteiger partial charge in [-0.05, 0) is 84.5 Å². The normalized spacial score (nSPS) is 27.5. The Hall–Kier alpha value is -1.38. The maximum absolute atomic E-state index is 5.35. The molecule has 2 fully saturated rings. The van der Waals surface area contributed by atoms with E-state index in [2.05, 4.69) is 55.1 Å². The van der Waals surface area contributed by atoms with Crippen molar-refractivity contribution in [2.75, 3.05) is 13.7 Å². The molecular formula is C28H40OSi. The van der Waals surface area contributed by atoms with Crippen LogP contribution in [0.2, 0.25) is 12.6 Å². The van der Waals surface area contributed by atoms with Crippen molar-refractivity contribution in [3.63, 3.8) is 0 Å². The van der Waals surface area contributed by atoms with Crippen LogP contribution in [0.1, 0.15) is 74.3 Å². The molecule has 0 heterocycles. The van der Waals surface area contributed by atoms with E-state index in [9.17, 15) is 0 Å². The number of ether oxygens (including phenoxy) is 1. The van der Waals surface area contributed by atoms with Gasteiger partial charge in [0.1, 0.15) is 0 Å². The van der Waals surface area contributed by atoms with Gasteiger partial charge in [0, 0.05) is 23.2 Å². The van der Waals surface area contributed by atoms with Gasteiger partial charge in [-0.25, -0.2) is 0 Å². The van der Waals surface area contributed by atoms with Crippen molar-refractivity contribution in [3.8, 4) is 11.1 Å². The van der Waals surface area contributed by atoms with E-state index in [1.54, 1.807) is 11.6 Å². The van der Waals surface area contributed by atoms with E-state index in [1.165, 1.54) is 68.1 Å². The Morgan fingerprint density at radius 3 is 1.50 bits per heavy atom. The largest absolute Gasteiger partial charge is 0.384 e. The molecule has 2 aromatic carbocycles. The summed E-state index contributed by atoms with van der Waals surface area (Å²) in [4.78, 5) is 0. The zero-order valence-corrected chi connectivity index (χ0v) is 20.5. The first-order valence-corrected chi connectivity index (χ1v) is 14.9. The number of hydrogen-bond donors (Lipinski definition) is 0. The Balaban J connectivity index is 1.33. The lowest BCUT2D eigenvalue weighted by Crippen LogP contribution is -2.17. The van der Waals surface area contributed by atoms with Crippen LogP contribution in [0, 0.1) is 11.8 Å². The molecule has 0 radical (unpaired) electrons. The minimum atomic E-state index is 0.235. The maximum atomic E-state index is 5.35. The molecule has 0 saturated heterocycles. The van der Waals surface area contributed by atoms with Crippen molar-refractivity contribution < 1.29 is 4.74 Å². The van der Waals surface area contributed by atoms with E-state index in [-0.39, 0.29) is 9.52 Å². The first-order valence-electron chi connectivity index (χ1n) is 12.5. The molecule has 0 spiro atoms. The van der Waals surface area contributed by atoms with Gasteiger partial charge in [0.25, 0.3) is 0 Å². The summed E-state index contributed by atoms with van der Waals surface area (Å²) in [7, 11) is 2.06. The first-order chi connectivity index (χ1) is 14.8. The van der Waals surface area contributed by atoms with Crippen molar-refractivity contribution in [3.05, 3.63) is 59.7 Å². The van der Waals surface area contributed by atoms with Gasteiger partial charge in [-0.3, -0.25) is 0 Å². The molecule has 0 aromatic heterocycles. The number of benzene rings is 2. The molecule has 2 heteroatoms. The Labute approximate surface area is 186 Å². The lowest BCUT2D eigenvalue weighted by atomic mass is 9.78. The van der Waals surface area contributed by atoms with Crippen LogP contribution in [-0.2, 0) is 4.74 Å². The molecule has 0 atom stereocenters. The lowest BCUT2D eigenvalue weighted by molar-refractivity contribution is 0.127. The van der Waals surface area contributed by atoms with E-state index >= 15 is 0 Å². The second-order valence-corrected chi connectivity index (χ2v) is 11.5. The van der Waals surface area contributed by atoms with Gasteiger partial charge >= 0.3 is 0 Å². The molecule has 0 amide bonds. The monoisotopic (exact) mass is 420 g/mol. The van der Waals surface area contributed by atoms with Crippen LogP contribution < -0.4 is 0 Å². The molecule has 30 heavy (non-hydrogen) atoms. The summed E-state index contributed by atoms with van der Waals surface area (Å²) in [5.74, 6) is 3.35. The van der Waals surface area contributed by atoms with Crippen molar-refractivity contribution in [2.45, 2.75) is 75.8 Å². The zero-order valence-electron chi connectivity index (χ0n) is 19.1. The average molecular weight is 421 g/mol. The van der Waals surface area contributed by atoms with Crippen molar-refractivity contribution in [2.24, 2.45) is 11.8 Å². The molecule has 0 aliphatic heterocycles. The van der Waals surface area contributed by atoms with Gasteiger partial charge in [-0.2, -0.15) is 0 Å². The Bertz CT molecular complexity index is 683. The third kappa shape index (κ3) is 5.45. The van der Waals surface area contributed by atoms with E-state index in [1.807, 2.05) is 7.11 Å². The van der Waals surface area contributed by atoms with Crippen LogP contribution in [0.5, 0.6) is 0 Å². The molecule has 2 aliphatic rings. The molecule has 2 aliphatic carbocycles. The summed E-state index contributed by atoms with van der Waals surface area (Å²) in [6, 6.07) is 20.5. The first kappa shape index (κ1) is 21.8. The summed E-state index contributed by atoms with van der Waals surface area (Å²) in [6.07, 6.45) is 11.0. The summed E-state index contributed by atoms with van der Waals surface area (Å²) in [6.45, 7) is 3.40. The fraction of sp³-hybridized carbons (Fsp3) is 0.571. The van der Waals surface area contributed by atoms with E-state index < -0.39 is 0 Å². The van der Waals surface area contributed by atoms with Crippen LogP contribution in [0.15, 0.2) is 48.5 Å². The molecule has 4 rings (SSSR count). The Morgan fingerprint density at radius 2 is 1.10 bits per heavy atom. The maximum Gasteiger partial charge on any atom is 0.0490 e. The number of methoxy groups -OCH3 is 1. The molecule has 2 aromatic rings. The van der Waals surface area contributed by atoms with Gasteiger partial charge in [0.05, 0.1) is 0 Å². The highest BCUT2D eigenvalue weighted by Gasteiger charge is 2.23. The van der Waals surface area contributed by atoms with Gasteiger partial charge < -0.3 is 4.74 Å². The van der Waals surface area contributed by atoms with E-state index in [0.717, 1.165) is 30.3 Å². The van der Waals surface area contributed by atoms with Crippen molar-refractivity contribution >= 4 is 9.52 Å². The zero-order chi connectivity index (χ0) is 20.8. The van der Waals surface area contributed by atoms with Crippen molar-refractivity contribution in [1.82, 2.24) is 0 Å². The van der Waals surface area contributed by atoms with Gasteiger partial charge in [-0.1, -0.05) is 74.0 Å². The second-order valence-electron chi connectivity index (χ2n) is 9.92. The highest BCUT2D eigenvalue weighted by atomic mass is 28.2. The minimum absolute atomic E-state index is 0.235. The van der Waals surface area contributed by atoms with Crippen LogP contribution in [0.25, 0.3) is 11.1 Å². The summed E-state index contributed by atoms with van der Waals surface area (Å²) >= 11 is 0. The topological polar surface area (TPSA) is 9.23 Å². The fourth-order valence-corrected chi connectivity index (χ4v) is 7.38.